The Morgan fingerprint density at radius 2 is 1.07 bits per heavy atom. The Balaban J connectivity index is 0.000000300. The summed E-state index contributed by atoms with van der Waals surface area (Å²) in [6, 6.07) is 11.4. The van der Waals surface area contributed by atoms with Crippen molar-refractivity contribution in [1.82, 2.24) is 0 Å². The molecule has 2 rings (SSSR count). The van der Waals surface area contributed by atoms with Gasteiger partial charge in [-0.1, -0.05) is 58.8 Å². The number of aliphatic carboxylic acids is 2. The Hall–Kier alpha value is -4.08. The first-order valence-corrected chi connectivity index (χ1v) is 8.51. The van der Waals surface area contributed by atoms with E-state index in [1.807, 2.05) is 0 Å². The lowest BCUT2D eigenvalue weighted by molar-refractivity contribution is -0.139. The fourth-order valence-electron chi connectivity index (χ4n) is 2.18. The van der Waals surface area contributed by atoms with Gasteiger partial charge in [-0.05, 0) is 35.0 Å². The Morgan fingerprint density at radius 3 is 1.30 bits per heavy atom. The number of rotatable bonds is 8. The normalized spacial score (nSPS) is 11.5. The van der Waals surface area contributed by atoms with E-state index in [0.29, 0.717) is 11.4 Å². The number of nitrogens with two attached hydrogens (primary N) is 2. The number of carboxylic acids is 2. The van der Waals surface area contributed by atoms with Gasteiger partial charge in [0.15, 0.2) is 0 Å². The zero-order valence-corrected chi connectivity index (χ0v) is 15.7. The highest BCUT2D eigenvalue weighted by atomic mass is 16.4. The van der Waals surface area contributed by atoms with Crippen LogP contribution in [0.3, 0.4) is 0 Å². The molecule has 0 aromatic heterocycles. The lowest BCUT2D eigenvalue weighted by atomic mass is 10.1. The van der Waals surface area contributed by atoms with Gasteiger partial charge in [0.05, 0.1) is 0 Å². The van der Waals surface area contributed by atoms with Crippen LogP contribution in [0.25, 0.3) is 20.9 Å². The molecule has 0 unspecified atom stereocenters. The maximum atomic E-state index is 10.5. The number of carboxylic acid groups (broad SMARTS) is 2. The lowest BCUT2D eigenvalue weighted by Gasteiger charge is -2.05. The van der Waals surface area contributed by atoms with Gasteiger partial charge in [-0.2, -0.15) is 0 Å². The number of nitrogens with zero attached hydrogens (tertiary/aromatic N) is 6. The maximum Gasteiger partial charge on any atom is 0.320 e. The first kappa shape index (κ1) is 24.0. The molecule has 0 spiro atoms. The summed E-state index contributed by atoms with van der Waals surface area (Å²) in [5, 5.41) is 24.0. The van der Waals surface area contributed by atoms with E-state index in [0.717, 1.165) is 11.1 Å². The van der Waals surface area contributed by atoms with Gasteiger partial charge < -0.3 is 21.7 Å². The molecule has 0 aliphatic carbocycles. The smallest absolute Gasteiger partial charge is 0.320 e. The van der Waals surface area contributed by atoms with Crippen LogP contribution in [0.2, 0.25) is 0 Å². The molecule has 0 aliphatic rings. The molecule has 0 heterocycles. The summed E-state index contributed by atoms with van der Waals surface area (Å²) in [6.07, 6.45) is 0.512. The van der Waals surface area contributed by atoms with E-state index in [-0.39, 0.29) is 12.8 Å². The summed E-state index contributed by atoms with van der Waals surface area (Å²) in [5.74, 6) is -2.07. The Bertz CT molecular complexity index is 870. The molecular formula is C18H20N8O4. The van der Waals surface area contributed by atoms with Crippen molar-refractivity contribution < 1.29 is 19.8 Å². The molecular weight excluding hydrogens is 392 g/mol. The zero-order chi connectivity index (χ0) is 22.5. The van der Waals surface area contributed by atoms with E-state index in [2.05, 4.69) is 20.1 Å². The summed E-state index contributed by atoms with van der Waals surface area (Å²) in [6.45, 7) is 0. The van der Waals surface area contributed by atoms with Crippen LogP contribution in [0.4, 0.5) is 11.4 Å². The summed E-state index contributed by atoms with van der Waals surface area (Å²) in [4.78, 5) is 26.2. The van der Waals surface area contributed by atoms with Gasteiger partial charge in [-0.15, -0.1) is 0 Å². The zero-order valence-electron chi connectivity index (χ0n) is 15.7. The van der Waals surface area contributed by atoms with Gasteiger partial charge in [0.1, 0.15) is 12.1 Å². The summed E-state index contributed by atoms with van der Waals surface area (Å²) >= 11 is 0. The van der Waals surface area contributed by atoms with Crippen molar-refractivity contribution >= 4 is 23.3 Å². The molecule has 12 heteroatoms. The minimum atomic E-state index is -1.03. The Kier molecular flexibility index (Phi) is 9.90. The molecule has 0 aliphatic heterocycles. The summed E-state index contributed by atoms with van der Waals surface area (Å²) < 4.78 is 0. The van der Waals surface area contributed by atoms with Crippen LogP contribution >= 0.6 is 0 Å². The fourth-order valence-corrected chi connectivity index (χ4v) is 2.18. The van der Waals surface area contributed by atoms with Crippen LogP contribution in [0.5, 0.6) is 0 Å². The fraction of sp³-hybridized carbons (Fsp3) is 0.222. The molecule has 0 amide bonds. The van der Waals surface area contributed by atoms with Crippen LogP contribution in [0.1, 0.15) is 11.1 Å². The second kappa shape index (κ2) is 12.4. The average molecular weight is 412 g/mol. The number of hydrogen-bond acceptors (Lipinski definition) is 6. The molecule has 2 atom stereocenters. The van der Waals surface area contributed by atoms with E-state index in [1.165, 1.54) is 0 Å². The first-order valence-electron chi connectivity index (χ1n) is 8.51. The molecule has 2 aromatic rings. The second-order valence-corrected chi connectivity index (χ2v) is 6.01. The number of azide groups is 2. The third kappa shape index (κ3) is 8.74. The molecule has 30 heavy (non-hydrogen) atoms. The highest BCUT2D eigenvalue weighted by molar-refractivity contribution is 5.74. The molecule has 0 saturated carbocycles. The highest BCUT2D eigenvalue weighted by Crippen LogP contribution is 2.14. The minimum absolute atomic E-state index is 0.256. The Labute approximate surface area is 171 Å². The van der Waals surface area contributed by atoms with Crippen molar-refractivity contribution in [2.24, 2.45) is 21.7 Å². The van der Waals surface area contributed by atoms with Gasteiger partial charge >= 0.3 is 11.9 Å². The summed E-state index contributed by atoms with van der Waals surface area (Å²) in [7, 11) is 0. The van der Waals surface area contributed by atoms with Gasteiger partial charge in [-0.25, -0.2) is 0 Å². The van der Waals surface area contributed by atoms with Crippen LogP contribution in [-0.4, -0.2) is 34.2 Å². The largest absolute Gasteiger partial charge is 0.480 e. The topological polar surface area (TPSA) is 224 Å². The standard InChI is InChI=1S/2C9H10N4O2/c2*10-8(9(14)15)5-6-1-3-7(4-2-6)12-13-11/h2*1-4,8H,5,10H2,(H,14,15)/t2*8-/m11/s1. The minimum Gasteiger partial charge on any atom is -0.480 e. The van der Waals surface area contributed by atoms with E-state index >= 15 is 0 Å². The van der Waals surface area contributed by atoms with Crippen LogP contribution in [0, 0.1) is 0 Å². The number of hydrogen-bond donors (Lipinski definition) is 4. The van der Waals surface area contributed by atoms with Crippen molar-refractivity contribution in [3.8, 4) is 0 Å². The van der Waals surface area contributed by atoms with Gasteiger partial charge in [0.25, 0.3) is 0 Å². The van der Waals surface area contributed by atoms with Gasteiger partial charge in [0.2, 0.25) is 0 Å². The van der Waals surface area contributed by atoms with Gasteiger partial charge in [0, 0.05) is 21.2 Å². The molecule has 156 valence electrons. The van der Waals surface area contributed by atoms with Crippen LogP contribution < -0.4 is 11.5 Å². The number of carbonyl (C=O) groups is 2. The van der Waals surface area contributed by atoms with E-state index < -0.39 is 24.0 Å². The quantitative estimate of drug-likeness (QED) is 0.289. The molecule has 0 bridgehead atoms. The molecule has 0 saturated heterocycles. The third-order valence-corrected chi connectivity index (χ3v) is 3.74. The third-order valence-electron chi connectivity index (χ3n) is 3.74. The number of benzene rings is 2. The van der Waals surface area contributed by atoms with Crippen molar-refractivity contribution in [2.75, 3.05) is 0 Å². The van der Waals surface area contributed by atoms with Crippen molar-refractivity contribution in [3.63, 3.8) is 0 Å². The van der Waals surface area contributed by atoms with Crippen molar-refractivity contribution in [3.05, 3.63) is 80.5 Å². The van der Waals surface area contributed by atoms with Crippen LogP contribution in [0.15, 0.2) is 58.8 Å². The monoisotopic (exact) mass is 412 g/mol. The first-order chi connectivity index (χ1) is 14.3. The second-order valence-electron chi connectivity index (χ2n) is 6.01. The lowest BCUT2D eigenvalue weighted by Crippen LogP contribution is -2.32. The van der Waals surface area contributed by atoms with Crippen LogP contribution in [-0.2, 0) is 22.4 Å². The van der Waals surface area contributed by atoms with E-state index in [4.69, 9.17) is 32.7 Å². The van der Waals surface area contributed by atoms with E-state index in [9.17, 15) is 9.59 Å². The maximum absolute atomic E-state index is 10.5. The predicted octanol–water partition coefficient (Wildman–Crippen LogP) is 3.17. The van der Waals surface area contributed by atoms with Gasteiger partial charge in [-0.3, -0.25) is 9.59 Å². The highest BCUT2D eigenvalue weighted by Gasteiger charge is 2.12. The molecule has 12 nitrogen and oxygen atoms in total. The van der Waals surface area contributed by atoms with Crippen molar-refractivity contribution in [1.29, 1.82) is 0 Å². The average Bonchev–Trinajstić information content (AvgIpc) is 2.71. The summed E-state index contributed by atoms with van der Waals surface area (Å²) in [5.41, 5.74) is 29.6. The molecule has 0 fully saturated rings. The Morgan fingerprint density at radius 1 is 0.767 bits per heavy atom. The molecule has 2 aromatic carbocycles. The van der Waals surface area contributed by atoms with E-state index in [1.54, 1.807) is 48.5 Å². The molecule has 6 N–H and O–H groups in total. The SMILES string of the molecule is [N-]=[N+]=Nc1ccc(C[C@@H](N)C(=O)O)cc1.[N-]=[N+]=Nc1ccc(C[C@@H](N)C(=O)O)cc1. The van der Waals surface area contributed by atoms with Crippen molar-refractivity contribution in [2.45, 2.75) is 24.9 Å². The molecule has 0 radical (unpaired) electrons. The predicted molar refractivity (Wildman–Crippen MR) is 109 cm³/mol.